The summed E-state index contributed by atoms with van der Waals surface area (Å²) in [7, 11) is -1.82. The van der Waals surface area contributed by atoms with Crippen LogP contribution in [0.3, 0.4) is 0 Å². The van der Waals surface area contributed by atoms with Crippen molar-refractivity contribution >= 4 is 20.2 Å². The molecule has 4 nitrogen and oxygen atoms in total. The number of nitrogens with zero attached hydrogens (tertiary/aromatic N) is 2. The van der Waals surface area contributed by atoms with E-state index in [4.69, 9.17) is 9.41 Å². The quantitative estimate of drug-likeness (QED) is 0.0846. The molecule has 1 heterocycles. The third-order valence-corrected chi connectivity index (χ3v) is 15.4. The van der Waals surface area contributed by atoms with Gasteiger partial charge in [-0.25, -0.2) is 4.98 Å². The predicted octanol–water partition coefficient (Wildman–Crippen LogP) is 10.9. The first kappa shape index (κ1) is 34.5. The van der Waals surface area contributed by atoms with Gasteiger partial charge in [-0.05, 0) is 84.6 Å². The van der Waals surface area contributed by atoms with E-state index < -0.39 is 13.9 Å². The van der Waals surface area contributed by atoms with Gasteiger partial charge in [0.25, 0.3) is 0 Å². The Morgan fingerprint density at radius 2 is 1.31 bits per heavy atom. The number of rotatable bonds is 10. The fourth-order valence-corrected chi connectivity index (χ4v) is 8.59. The molecule has 1 aliphatic carbocycles. The summed E-state index contributed by atoms with van der Waals surface area (Å²) in [6, 6.07) is 38.2. The lowest BCUT2D eigenvalue weighted by Crippen LogP contribution is -2.45. The number of hydrogen-bond acceptors (Lipinski definition) is 3. The zero-order valence-electron chi connectivity index (χ0n) is 29.9. The zero-order chi connectivity index (χ0) is 34.6. The van der Waals surface area contributed by atoms with Gasteiger partial charge < -0.3 is 8.99 Å². The molecule has 1 aromatic heterocycles. The van der Waals surface area contributed by atoms with Crippen molar-refractivity contribution in [2.24, 2.45) is 5.92 Å². The van der Waals surface area contributed by atoms with Gasteiger partial charge in [0.1, 0.15) is 5.54 Å². The zero-order valence-corrected chi connectivity index (χ0v) is 30.9. The highest BCUT2D eigenvalue weighted by atomic mass is 28.4. The maximum atomic E-state index is 13.5. The molecule has 0 unspecified atom stereocenters. The van der Waals surface area contributed by atoms with E-state index in [1.54, 1.807) is 6.08 Å². The van der Waals surface area contributed by atoms with E-state index in [2.05, 4.69) is 161 Å². The Kier molecular flexibility index (Phi) is 10.1. The molecule has 1 fully saturated rings. The van der Waals surface area contributed by atoms with Gasteiger partial charge in [0.05, 0.1) is 12.0 Å². The third-order valence-electron chi connectivity index (χ3n) is 10.9. The van der Waals surface area contributed by atoms with E-state index in [1.165, 1.54) is 0 Å². The number of hydrogen-bond donors (Lipinski definition) is 0. The summed E-state index contributed by atoms with van der Waals surface area (Å²) >= 11 is 0. The summed E-state index contributed by atoms with van der Waals surface area (Å²) in [6.45, 7) is 13.6. The monoisotopic (exact) mass is 666 g/mol. The molecule has 0 saturated heterocycles. The Labute approximate surface area is 294 Å². The molecule has 5 aromatic rings. The predicted molar refractivity (Wildman–Crippen MR) is 205 cm³/mol. The highest BCUT2D eigenvalue weighted by Crippen LogP contribution is 2.42. The first-order valence-corrected chi connectivity index (χ1v) is 20.6. The highest BCUT2D eigenvalue weighted by molar-refractivity contribution is 6.74. The van der Waals surface area contributed by atoms with Crippen LogP contribution in [0.2, 0.25) is 18.1 Å². The van der Waals surface area contributed by atoms with Crippen LogP contribution < -0.4 is 0 Å². The second-order valence-electron chi connectivity index (χ2n) is 15.1. The minimum Gasteiger partial charge on any atom is -0.414 e. The molecule has 0 bridgehead atoms. The summed E-state index contributed by atoms with van der Waals surface area (Å²) < 4.78 is 8.94. The average molecular weight is 667 g/mol. The van der Waals surface area contributed by atoms with Crippen molar-refractivity contribution in [2.75, 3.05) is 0 Å². The molecular formula is C44H50N2O2Si. The third kappa shape index (κ3) is 7.06. The van der Waals surface area contributed by atoms with Crippen molar-refractivity contribution in [3.63, 3.8) is 0 Å². The van der Waals surface area contributed by atoms with Crippen molar-refractivity contribution < 1.29 is 9.22 Å². The van der Waals surface area contributed by atoms with Gasteiger partial charge in [0, 0.05) is 23.8 Å². The number of carbonyl (C=O) groups excluding carboxylic acids is 1. The Morgan fingerprint density at radius 3 is 1.82 bits per heavy atom. The number of imidazole rings is 1. The molecule has 0 aliphatic heterocycles. The van der Waals surface area contributed by atoms with Crippen LogP contribution in [0.15, 0.2) is 128 Å². The fraction of sp³-hybridized carbons (Fsp3) is 0.318. The Hall–Kier alpha value is -4.32. The molecule has 0 N–H and O–H groups in total. The number of benzene rings is 4. The van der Waals surface area contributed by atoms with Crippen molar-refractivity contribution in [1.29, 1.82) is 0 Å². The Bertz CT molecular complexity index is 1780. The molecule has 5 heteroatoms. The van der Waals surface area contributed by atoms with Gasteiger partial charge in [-0.2, -0.15) is 0 Å². The van der Waals surface area contributed by atoms with Crippen LogP contribution in [0.1, 0.15) is 74.3 Å². The summed E-state index contributed by atoms with van der Waals surface area (Å²) in [5.41, 5.74) is 6.84. The van der Waals surface area contributed by atoms with E-state index >= 15 is 0 Å². The van der Waals surface area contributed by atoms with Gasteiger partial charge in [0.15, 0.2) is 14.1 Å². The number of allylic oxidation sites excluding steroid dienone is 1. The van der Waals surface area contributed by atoms with Crippen molar-refractivity contribution in [3.8, 4) is 11.3 Å². The molecule has 1 saturated carbocycles. The lowest BCUT2D eigenvalue weighted by atomic mass is 9.76. The summed E-state index contributed by atoms with van der Waals surface area (Å²) in [5, 5.41) is 0.190. The van der Waals surface area contributed by atoms with Gasteiger partial charge in [0.2, 0.25) is 0 Å². The second-order valence-corrected chi connectivity index (χ2v) is 19.9. The largest absolute Gasteiger partial charge is 0.414 e. The summed E-state index contributed by atoms with van der Waals surface area (Å²) in [6.07, 6.45) is 11.9. The van der Waals surface area contributed by atoms with Crippen LogP contribution >= 0.6 is 0 Å². The molecule has 6 rings (SSSR count). The molecule has 49 heavy (non-hydrogen) atoms. The first-order chi connectivity index (χ1) is 23.5. The normalized spacial score (nSPS) is 17.3. The van der Waals surface area contributed by atoms with Gasteiger partial charge in [-0.1, -0.05) is 136 Å². The van der Waals surface area contributed by atoms with Crippen LogP contribution in [-0.4, -0.2) is 29.8 Å². The average Bonchev–Trinajstić information content (AvgIpc) is 3.58. The molecule has 0 spiro atoms. The van der Waals surface area contributed by atoms with E-state index in [1.807, 2.05) is 12.4 Å². The topological polar surface area (TPSA) is 44.1 Å². The number of aryl methyl sites for hydroxylation is 1. The minimum atomic E-state index is -1.82. The van der Waals surface area contributed by atoms with E-state index in [-0.39, 0.29) is 22.8 Å². The van der Waals surface area contributed by atoms with Gasteiger partial charge in [-0.15, -0.1) is 0 Å². The van der Waals surface area contributed by atoms with E-state index in [0.717, 1.165) is 64.8 Å². The van der Waals surface area contributed by atoms with Crippen LogP contribution in [0.25, 0.3) is 17.3 Å². The Balaban J connectivity index is 1.31. The minimum absolute atomic E-state index is 0.0474. The fourth-order valence-electron chi connectivity index (χ4n) is 7.17. The Morgan fingerprint density at radius 1 is 0.776 bits per heavy atom. The molecule has 4 aromatic carbocycles. The lowest BCUT2D eigenvalue weighted by molar-refractivity contribution is -0.119. The highest BCUT2D eigenvalue weighted by Gasteiger charge is 2.41. The van der Waals surface area contributed by atoms with Crippen LogP contribution in [0.5, 0.6) is 0 Å². The first-order valence-electron chi connectivity index (χ1n) is 17.7. The van der Waals surface area contributed by atoms with E-state index in [0.29, 0.717) is 0 Å². The molecule has 0 radical (unpaired) electrons. The SMILES string of the molecule is Cc1cccc(/C=C/C(=O)C2CCC(O[Si](C)(C)C(C)(C)C)CC2)c1-c1cn(C(c2ccccc2)(c2ccccc2)c2ccccc2)cn1. The van der Waals surface area contributed by atoms with Crippen molar-refractivity contribution in [2.45, 2.75) is 83.2 Å². The van der Waals surface area contributed by atoms with Gasteiger partial charge >= 0.3 is 0 Å². The molecule has 0 atom stereocenters. The molecule has 1 aliphatic rings. The number of aromatic nitrogens is 2. The van der Waals surface area contributed by atoms with E-state index in [9.17, 15) is 4.79 Å². The molecular weight excluding hydrogens is 617 g/mol. The second kappa shape index (κ2) is 14.3. The number of carbonyl (C=O) groups is 1. The van der Waals surface area contributed by atoms with Crippen LogP contribution in [0.4, 0.5) is 0 Å². The summed E-state index contributed by atoms with van der Waals surface area (Å²) in [4.78, 5) is 18.6. The standard InChI is InChI=1S/C44H50N2O2Si/c1-33-17-16-18-35(27-30-41(47)34-25-28-39(29-26-34)48-49(5,6)43(2,3)4)42(33)40-31-46(32-45-40)44(36-19-10-7-11-20-36,37-21-12-8-13-22-37)38-23-14-9-15-24-38/h7-24,27,30-32,34,39H,25-26,28-29H2,1-6H3/b30-27+. The van der Waals surface area contributed by atoms with Crippen molar-refractivity contribution in [3.05, 3.63) is 156 Å². The smallest absolute Gasteiger partial charge is 0.192 e. The maximum Gasteiger partial charge on any atom is 0.192 e. The molecule has 0 amide bonds. The van der Waals surface area contributed by atoms with Crippen LogP contribution in [-0.2, 0) is 14.8 Å². The molecule has 252 valence electrons. The number of ketones is 1. The summed E-state index contributed by atoms with van der Waals surface area (Å²) in [5.74, 6) is 0.256. The maximum absolute atomic E-state index is 13.5. The van der Waals surface area contributed by atoms with Crippen molar-refractivity contribution in [1.82, 2.24) is 9.55 Å². The lowest BCUT2D eigenvalue weighted by Gasteiger charge is -2.41. The van der Waals surface area contributed by atoms with Gasteiger partial charge in [-0.3, -0.25) is 4.79 Å². The van der Waals surface area contributed by atoms with Crippen LogP contribution in [0, 0.1) is 12.8 Å².